The van der Waals surface area contributed by atoms with Crippen molar-refractivity contribution in [3.8, 4) is 0 Å². The molecule has 0 saturated heterocycles. The zero-order valence-electron chi connectivity index (χ0n) is 7.49. The summed E-state index contributed by atoms with van der Waals surface area (Å²) in [7, 11) is -3.05. The van der Waals surface area contributed by atoms with Gasteiger partial charge in [0.25, 0.3) is 0 Å². The zero-order valence-corrected chi connectivity index (χ0v) is 8.31. The molecule has 76 valence electrons. The van der Waals surface area contributed by atoms with Crippen LogP contribution in [0.1, 0.15) is 25.7 Å². The van der Waals surface area contributed by atoms with Crippen LogP contribution in [0.2, 0.25) is 0 Å². The Morgan fingerprint density at radius 1 is 1.38 bits per heavy atom. The van der Waals surface area contributed by atoms with Crippen molar-refractivity contribution in [3.63, 3.8) is 0 Å². The van der Waals surface area contributed by atoms with E-state index >= 15 is 0 Å². The van der Waals surface area contributed by atoms with E-state index in [-0.39, 0.29) is 17.3 Å². The van der Waals surface area contributed by atoms with Crippen LogP contribution >= 0.6 is 0 Å². The van der Waals surface area contributed by atoms with E-state index < -0.39 is 10.0 Å². The van der Waals surface area contributed by atoms with E-state index in [9.17, 15) is 8.42 Å². The minimum atomic E-state index is -3.05. The Bertz CT molecular complexity index is 291. The Kier molecular flexibility index (Phi) is 2.13. The number of hydrogen-bond donors (Lipinski definition) is 2. The first kappa shape index (κ1) is 9.43. The van der Waals surface area contributed by atoms with Gasteiger partial charge in [0.2, 0.25) is 10.0 Å². The van der Waals surface area contributed by atoms with Crippen molar-refractivity contribution in [2.75, 3.05) is 13.2 Å². The molecule has 13 heavy (non-hydrogen) atoms. The van der Waals surface area contributed by atoms with Gasteiger partial charge in [0, 0.05) is 18.6 Å². The fourth-order valence-corrected chi connectivity index (χ4v) is 2.82. The first-order valence-corrected chi connectivity index (χ1v) is 6.22. The van der Waals surface area contributed by atoms with Crippen LogP contribution < -0.4 is 4.72 Å². The molecule has 2 saturated carbocycles. The summed E-state index contributed by atoms with van der Waals surface area (Å²) < 4.78 is 25.4. The van der Waals surface area contributed by atoms with Crippen molar-refractivity contribution in [1.29, 1.82) is 0 Å². The van der Waals surface area contributed by atoms with Crippen LogP contribution in [0, 0.1) is 5.41 Å². The monoisotopic (exact) mass is 205 g/mol. The molecule has 2 rings (SSSR count). The van der Waals surface area contributed by atoms with E-state index in [4.69, 9.17) is 5.11 Å². The van der Waals surface area contributed by atoms with Crippen molar-refractivity contribution in [3.05, 3.63) is 0 Å². The van der Waals surface area contributed by atoms with Gasteiger partial charge in [-0.3, -0.25) is 0 Å². The number of hydrogen-bond acceptors (Lipinski definition) is 3. The summed E-state index contributed by atoms with van der Waals surface area (Å²) >= 11 is 0. The Morgan fingerprint density at radius 3 is 2.38 bits per heavy atom. The van der Waals surface area contributed by atoms with Crippen LogP contribution in [-0.2, 0) is 10.0 Å². The number of aliphatic hydroxyl groups is 1. The summed E-state index contributed by atoms with van der Waals surface area (Å²) in [5.74, 6) is 0. The fourth-order valence-electron chi connectivity index (χ4n) is 1.32. The lowest BCUT2D eigenvalue weighted by Crippen LogP contribution is -2.34. The molecular weight excluding hydrogens is 190 g/mol. The summed E-state index contributed by atoms with van der Waals surface area (Å²) in [4.78, 5) is 0. The van der Waals surface area contributed by atoms with Gasteiger partial charge >= 0.3 is 0 Å². The molecule has 0 atom stereocenters. The molecule has 0 aliphatic heterocycles. The van der Waals surface area contributed by atoms with E-state index in [1.807, 2.05) is 0 Å². The van der Waals surface area contributed by atoms with Gasteiger partial charge in [-0.2, -0.15) is 0 Å². The van der Waals surface area contributed by atoms with E-state index in [2.05, 4.69) is 4.72 Å². The SMILES string of the molecule is O=S(=O)(NCC1(CO)CC1)C1CC1. The third-order valence-corrected chi connectivity index (χ3v) is 4.80. The standard InChI is InChI=1S/C8H15NO3S/c10-6-8(3-4-8)5-9-13(11,12)7-1-2-7/h7,9-10H,1-6H2. The van der Waals surface area contributed by atoms with Crippen LogP contribution in [0.3, 0.4) is 0 Å². The molecule has 0 unspecified atom stereocenters. The van der Waals surface area contributed by atoms with Gasteiger partial charge in [-0.25, -0.2) is 13.1 Å². The van der Waals surface area contributed by atoms with E-state index in [0.717, 1.165) is 25.7 Å². The molecular formula is C8H15NO3S. The quantitative estimate of drug-likeness (QED) is 0.655. The highest BCUT2D eigenvalue weighted by Gasteiger charge is 2.44. The topological polar surface area (TPSA) is 66.4 Å². The molecule has 5 heteroatoms. The highest BCUT2D eigenvalue weighted by atomic mass is 32.2. The molecule has 0 amide bonds. The summed E-state index contributed by atoms with van der Waals surface area (Å²) in [6, 6.07) is 0. The molecule has 2 aliphatic carbocycles. The zero-order chi connectivity index (χ0) is 9.53. The smallest absolute Gasteiger partial charge is 0.214 e. The van der Waals surface area contributed by atoms with Gasteiger partial charge in [-0.1, -0.05) is 0 Å². The van der Waals surface area contributed by atoms with Gasteiger partial charge < -0.3 is 5.11 Å². The predicted octanol–water partition coefficient (Wildman–Crippen LogP) is -0.159. The normalized spacial score (nSPS) is 25.9. The third-order valence-electron chi connectivity index (χ3n) is 2.90. The Labute approximate surface area is 78.4 Å². The summed E-state index contributed by atoms with van der Waals surface area (Å²) in [5.41, 5.74) is -0.123. The maximum Gasteiger partial charge on any atom is 0.214 e. The average molecular weight is 205 g/mol. The van der Waals surface area contributed by atoms with Gasteiger partial charge in [0.05, 0.1) is 5.25 Å². The number of sulfonamides is 1. The largest absolute Gasteiger partial charge is 0.396 e. The minimum Gasteiger partial charge on any atom is -0.396 e. The van der Waals surface area contributed by atoms with Crippen LogP contribution in [-0.4, -0.2) is 31.9 Å². The molecule has 2 fully saturated rings. The van der Waals surface area contributed by atoms with Crippen molar-refractivity contribution in [2.24, 2.45) is 5.41 Å². The Hall–Kier alpha value is -0.130. The first-order chi connectivity index (χ1) is 6.08. The lowest BCUT2D eigenvalue weighted by Gasteiger charge is -2.12. The van der Waals surface area contributed by atoms with Crippen molar-refractivity contribution >= 4 is 10.0 Å². The highest BCUT2D eigenvalue weighted by molar-refractivity contribution is 7.90. The number of rotatable bonds is 5. The third kappa shape index (κ3) is 2.03. The molecule has 0 aromatic carbocycles. The summed E-state index contributed by atoms with van der Waals surface area (Å²) in [5, 5.41) is 8.82. The Balaban J connectivity index is 1.85. The van der Waals surface area contributed by atoms with Gasteiger partial charge in [0.15, 0.2) is 0 Å². The highest BCUT2D eigenvalue weighted by Crippen LogP contribution is 2.44. The van der Waals surface area contributed by atoms with E-state index in [1.54, 1.807) is 0 Å². The van der Waals surface area contributed by atoms with Crippen molar-refractivity contribution < 1.29 is 13.5 Å². The maximum absolute atomic E-state index is 11.4. The molecule has 0 radical (unpaired) electrons. The fraction of sp³-hybridized carbons (Fsp3) is 1.00. The van der Waals surface area contributed by atoms with Crippen LogP contribution in [0.5, 0.6) is 0 Å². The number of nitrogens with one attached hydrogen (secondary N) is 1. The average Bonchev–Trinajstić information content (AvgIpc) is 2.96. The molecule has 0 spiro atoms. The molecule has 0 bridgehead atoms. The summed E-state index contributed by atoms with van der Waals surface area (Å²) in [6.45, 7) is 0.516. The second-order valence-electron chi connectivity index (χ2n) is 4.22. The second kappa shape index (κ2) is 2.93. The van der Waals surface area contributed by atoms with Crippen molar-refractivity contribution in [1.82, 2.24) is 4.72 Å². The van der Waals surface area contributed by atoms with Crippen molar-refractivity contribution in [2.45, 2.75) is 30.9 Å². The molecule has 4 nitrogen and oxygen atoms in total. The molecule has 2 N–H and O–H groups in total. The first-order valence-electron chi connectivity index (χ1n) is 4.67. The molecule has 2 aliphatic rings. The Morgan fingerprint density at radius 2 is 2.00 bits per heavy atom. The van der Waals surface area contributed by atoms with Crippen LogP contribution in [0.25, 0.3) is 0 Å². The van der Waals surface area contributed by atoms with Gasteiger partial charge in [-0.15, -0.1) is 0 Å². The van der Waals surface area contributed by atoms with Crippen LogP contribution in [0.15, 0.2) is 0 Å². The summed E-state index contributed by atoms with van der Waals surface area (Å²) in [6.07, 6.45) is 3.47. The molecule has 0 heterocycles. The molecule has 0 aromatic rings. The lowest BCUT2D eigenvalue weighted by molar-refractivity contribution is 0.213. The lowest BCUT2D eigenvalue weighted by atomic mass is 10.1. The van der Waals surface area contributed by atoms with E-state index in [0.29, 0.717) is 6.54 Å². The van der Waals surface area contributed by atoms with Gasteiger partial charge in [-0.05, 0) is 25.7 Å². The molecule has 0 aromatic heterocycles. The van der Waals surface area contributed by atoms with Gasteiger partial charge in [0.1, 0.15) is 0 Å². The predicted molar refractivity (Wildman–Crippen MR) is 48.7 cm³/mol. The second-order valence-corrected chi connectivity index (χ2v) is 6.27. The van der Waals surface area contributed by atoms with Crippen LogP contribution in [0.4, 0.5) is 0 Å². The maximum atomic E-state index is 11.4. The minimum absolute atomic E-state index is 0.0974. The number of aliphatic hydroxyl groups excluding tert-OH is 1. The van der Waals surface area contributed by atoms with E-state index in [1.165, 1.54) is 0 Å².